The van der Waals surface area contributed by atoms with E-state index in [0.717, 1.165) is 25.9 Å². The maximum Gasteiger partial charge on any atom is 0.139 e. The van der Waals surface area contributed by atoms with Gasteiger partial charge in [0.2, 0.25) is 0 Å². The highest BCUT2D eigenvalue weighted by Crippen LogP contribution is 2.28. The van der Waals surface area contributed by atoms with Crippen molar-refractivity contribution in [2.75, 3.05) is 13.2 Å². The third-order valence-electron chi connectivity index (χ3n) is 2.61. The van der Waals surface area contributed by atoms with E-state index < -0.39 is 0 Å². The highest BCUT2D eigenvalue weighted by Gasteiger charge is 2.15. The lowest BCUT2D eigenvalue weighted by atomic mass is 10.2. The van der Waals surface area contributed by atoms with Gasteiger partial charge in [-0.3, -0.25) is 0 Å². The van der Waals surface area contributed by atoms with E-state index in [2.05, 4.69) is 0 Å². The summed E-state index contributed by atoms with van der Waals surface area (Å²) in [6, 6.07) is 5.22. The monoisotopic (exact) mass is 260 g/mol. The Kier molecular flexibility index (Phi) is 4.33. The quantitative estimate of drug-likeness (QED) is 0.817. The van der Waals surface area contributed by atoms with Crippen molar-refractivity contribution in [2.24, 2.45) is 0 Å². The SMILES string of the molecule is Clc1ccc(Cl)c(OCCC2CCCO2)c1. The van der Waals surface area contributed by atoms with Crippen molar-refractivity contribution in [2.45, 2.75) is 25.4 Å². The summed E-state index contributed by atoms with van der Waals surface area (Å²) in [5.41, 5.74) is 0. The van der Waals surface area contributed by atoms with Gasteiger partial charge in [0.1, 0.15) is 5.75 Å². The first-order valence-corrected chi connectivity index (χ1v) is 6.21. The smallest absolute Gasteiger partial charge is 0.139 e. The van der Waals surface area contributed by atoms with E-state index in [4.69, 9.17) is 32.7 Å². The van der Waals surface area contributed by atoms with Crippen LogP contribution in [-0.4, -0.2) is 19.3 Å². The lowest BCUT2D eigenvalue weighted by Crippen LogP contribution is -2.10. The van der Waals surface area contributed by atoms with Gasteiger partial charge >= 0.3 is 0 Å². The summed E-state index contributed by atoms with van der Waals surface area (Å²) in [5.74, 6) is 0.646. The summed E-state index contributed by atoms with van der Waals surface area (Å²) in [5, 5.41) is 1.23. The number of ether oxygens (including phenoxy) is 2. The molecule has 16 heavy (non-hydrogen) atoms. The molecule has 1 heterocycles. The summed E-state index contributed by atoms with van der Waals surface area (Å²) in [6.45, 7) is 1.49. The van der Waals surface area contributed by atoms with E-state index in [1.54, 1.807) is 18.2 Å². The van der Waals surface area contributed by atoms with Crippen LogP contribution < -0.4 is 4.74 Å². The van der Waals surface area contributed by atoms with Crippen molar-refractivity contribution in [1.29, 1.82) is 0 Å². The van der Waals surface area contributed by atoms with Crippen molar-refractivity contribution < 1.29 is 9.47 Å². The van der Waals surface area contributed by atoms with E-state index in [9.17, 15) is 0 Å². The number of rotatable bonds is 4. The van der Waals surface area contributed by atoms with Crippen molar-refractivity contribution in [3.8, 4) is 5.75 Å². The van der Waals surface area contributed by atoms with Crippen LogP contribution in [0.3, 0.4) is 0 Å². The molecule has 1 aliphatic rings. The van der Waals surface area contributed by atoms with Crippen LogP contribution >= 0.6 is 23.2 Å². The van der Waals surface area contributed by atoms with Crippen LogP contribution in [0.2, 0.25) is 10.0 Å². The van der Waals surface area contributed by atoms with E-state index in [0.29, 0.717) is 28.5 Å². The number of hydrogen-bond acceptors (Lipinski definition) is 2. The molecule has 2 rings (SSSR count). The minimum Gasteiger partial charge on any atom is -0.492 e. The number of halogens is 2. The first-order chi connectivity index (χ1) is 7.75. The van der Waals surface area contributed by atoms with Gasteiger partial charge in [0.05, 0.1) is 17.7 Å². The fraction of sp³-hybridized carbons (Fsp3) is 0.500. The molecule has 1 atom stereocenters. The molecule has 0 spiro atoms. The highest BCUT2D eigenvalue weighted by atomic mass is 35.5. The molecule has 0 aromatic heterocycles. The Labute approximate surface area is 105 Å². The zero-order valence-electron chi connectivity index (χ0n) is 8.92. The van der Waals surface area contributed by atoms with Gasteiger partial charge in [0.25, 0.3) is 0 Å². The van der Waals surface area contributed by atoms with Crippen molar-refractivity contribution in [1.82, 2.24) is 0 Å². The second kappa shape index (κ2) is 5.76. The lowest BCUT2D eigenvalue weighted by Gasteiger charge is -2.11. The molecule has 4 heteroatoms. The Bertz CT molecular complexity index is 349. The molecule has 1 unspecified atom stereocenters. The second-order valence-electron chi connectivity index (χ2n) is 3.85. The van der Waals surface area contributed by atoms with Crippen LogP contribution in [0.4, 0.5) is 0 Å². The van der Waals surface area contributed by atoms with Gasteiger partial charge in [0.15, 0.2) is 0 Å². The summed E-state index contributed by atoms with van der Waals surface area (Å²) < 4.78 is 11.1. The van der Waals surface area contributed by atoms with E-state index in [-0.39, 0.29) is 0 Å². The number of hydrogen-bond donors (Lipinski definition) is 0. The largest absolute Gasteiger partial charge is 0.492 e. The van der Waals surface area contributed by atoms with Crippen molar-refractivity contribution in [3.63, 3.8) is 0 Å². The molecular weight excluding hydrogens is 247 g/mol. The maximum absolute atomic E-state index is 5.98. The van der Waals surface area contributed by atoms with Crippen LogP contribution in [-0.2, 0) is 4.74 Å². The Hall–Kier alpha value is -0.440. The fourth-order valence-electron chi connectivity index (χ4n) is 1.76. The van der Waals surface area contributed by atoms with Crippen LogP contribution in [0.15, 0.2) is 18.2 Å². The van der Waals surface area contributed by atoms with Crippen LogP contribution in [0.25, 0.3) is 0 Å². The molecule has 1 aliphatic heterocycles. The second-order valence-corrected chi connectivity index (χ2v) is 4.69. The van der Waals surface area contributed by atoms with Gasteiger partial charge in [-0.15, -0.1) is 0 Å². The fourth-order valence-corrected chi connectivity index (χ4v) is 2.09. The van der Waals surface area contributed by atoms with E-state index >= 15 is 0 Å². The van der Waals surface area contributed by atoms with Gasteiger partial charge in [-0.2, -0.15) is 0 Å². The van der Waals surface area contributed by atoms with Gasteiger partial charge in [0, 0.05) is 24.1 Å². The van der Waals surface area contributed by atoms with Gasteiger partial charge in [-0.05, 0) is 25.0 Å². The van der Waals surface area contributed by atoms with Crippen LogP contribution in [0, 0.1) is 0 Å². The van der Waals surface area contributed by atoms with Gasteiger partial charge in [-0.25, -0.2) is 0 Å². The molecule has 0 amide bonds. The van der Waals surface area contributed by atoms with E-state index in [1.807, 2.05) is 0 Å². The molecular formula is C12H14Cl2O2. The van der Waals surface area contributed by atoms with Crippen LogP contribution in [0.5, 0.6) is 5.75 Å². The number of benzene rings is 1. The van der Waals surface area contributed by atoms with Gasteiger partial charge in [-0.1, -0.05) is 23.2 Å². The predicted molar refractivity (Wildman–Crippen MR) is 65.5 cm³/mol. The maximum atomic E-state index is 5.98. The first kappa shape index (κ1) is 12.0. The average molecular weight is 261 g/mol. The van der Waals surface area contributed by atoms with Gasteiger partial charge < -0.3 is 9.47 Å². The summed E-state index contributed by atoms with van der Waals surface area (Å²) in [6.07, 6.45) is 3.54. The van der Waals surface area contributed by atoms with Crippen molar-refractivity contribution >= 4 is 23.2 Å². The third-order valence-corrected chi connectivity index (χ3v) is 3.16. The summed E-state index contributed by atoms with van der Waals surface area (Å²) in [4.78, 5) is 0. The summed E-state index contributed by atoms with van der Waals surface area (Å²) >= 11 is 11.8. The third kappa shape index (κ3) is 3.27. The standard InChI is InChI=1S/C12H14Cl2O2/c13-9-3-4-11(14)12(8-9)16-7-5-10-2-1-6-15-10/h3-4,8,10H,1-2,5-7H2. The molecule has 2 nitrogen and oxygen atoms in total. The Balaban J connectivity index is 1.82. The molecule has 0 radical (unpaired) electrons. The minimum absolute atomic E-state index is 0.345. The molecule has 0 aliphatic carbocycles. The normalized spacial score (nSPS) is 20.0. The summed E-state index contributed by atoms with van der Waals surface area (Å²) in [7, 11) is 0. The minimum atomic E-state index is 0.345. The predicted octanol–water partition coefficient (Wildman–Crippen LogP) is 3.94. The van der Waals surface area contributed by atoms with E-state index in [1.165, 1.54) is 0 Å². The zero-order chi connectivity index (χ0) is 11.4. The zero-order valence-corrected chi connectivity index (χ0v) is 10.4. The molecule has 1 saturated heterocycles. The molecule has 1 aromatic rings. The highest BCUT2D eigenvalue weighted by molar-refractivity contribution is 6.34. The van der Waals surface area contributed by atoms with Crippen molar-refractivity contribution in [3.05, 3.63) is 28.2 Å². The average Bonchev–Trinajstić information content (AvgIpc) is 2.76. The molecule has 0 saturated carbocycles. The topological polar surface area (TPSA) is 18.5 Å². The van der Waals surface area contributed by atoms with Crippen LogP contribution in [0.1, 0.15) is 19.3 Å². The molecule has 0 N–H and O–H groups in total. The molecule has 88 valence electrons. The Morgan fingerprint density at radius 3 is 3.00 bits per heavy atom. The molecule has 0 bridgehead atoms. The molecule has 1 aromatic carbocycles. The lowest BCUT2D eigenvalue weighted by molar-refractivity contribution is 0.0904. The first-order valence-electron chi connectivity index (χ1n) is 5.45. The molecule has 1 fully saturated rings. The Morgan fingerprint density at radius 2 is 2.25 bits per heavy atom. The Morgan fingerprint density at radius 1 is 1.38 bits per heavy atom.